The molecule has 0 radical (unpaired) electrons. The molecule has 0 spiro atoms. The Morgan fingerprint density at radius 2 is 1.76 bits per heavy atom. The van der Waals surface area contributed by atoms with Crippen molar-refractivity contribution in [2.75, 3.05) is 0 Å². The van der Waals surface area contributed by atoms with E-state index < -0.39 is 18.5 Å². The maximum Gasteiger partial charge on any atom is 0.396 e. The van der Waals surface area contributed by atoms with Gasteiger partial charge < -0.3 is 0 Å². The number of thioether (sulfide) groups is 1. The van der Waals surface area contributed by atoms with Crippen LogP contribution in [0, 0.1) is 0 Å². The topological polar surface area (TPSA) is 17.1 Å². The normalized spacial score (nSPS) is 18.4. The third-order valence-corrected chi connectivity index (χ3v) is 5.05. The summed E-state index contributed by atoms with van der Waals surface area (Å²) >= 11 is 1.12. The van der Waals surface area contributed by atoms with E-state index in [1.165, 1.54) is 18.6 Å². The van der Waals surface area contributed by atoms with Crippen molar-refractivity contribution in [3.8, 4) is 0 Å². The van der Waals surface area contributed by atoms with Crippen molar-refractivity contribution in [1.29, 1.82) is 0 Å². The molecule has 5 heteroatoms. The Morgan fingerprint density at radius 1 is 1.14 bits per heavy atom. The van der Waals surface area contributed by atoms with Gasteiger partial charge in [0.15, 0.2) is 5.12 Å². The lowest BCUT2D eigenvalue weighted by atomic mass is 9.96. The van der Waals surface area contributed by atoms with E-state index in [4.69, 9.17) is 0 Å². The van der Waals surface area contributed by atoms with Crippen molar-refractivity contribution < 1.29 is 18.0 Å². The molecular weight excluding hydrogens is 297 g/mol. The van der Waals surface area contributed by atoms with Gasteiger partial charge in [-0.05, 0) is 18.4 Å². The molecule has 0 unspecified atom stereocenters. The molecule has 0 bridgehead atoms. The SMILES string of the molecule is O=C(C[C@@H](c1ccccc1)C(F)(F)F)SC1CCCCC1. The largest absolute Gasteiger partial charge is 0.396 e. The lowest BCUT2D eigenvalue weighted by Gasteiger charge is -2.23. The van der Waals surface area contributed by atoms with Gasteiger partial charge in [0.1, 0.15) is 0 Å². The molecular formula is C16H19F3OS. The summed E-state index contributed by atoms with van der Waals surface area (Å²) in [5.41, 5.74) is 0.169. The molecule has 116 valence electrons. The van der Waals surface area contributed by atoms with Crippen molar-refractivity contribution in [2.45, 2.75) is 55.9 Å². The lowest BCUT2D eigenvalue weighted by molar-refractivity contribution is -0.154. The molecule has 1 saturated carbocycles. The van der Waals surface area contributed by atoms with Crippen LogP contribution in [0.25, 0.3) is 0 Å². The van der Waals surface area contributed by atoms with Gasteiger partial charge in [-0.3, -0.25) is 4.79 Å². The number of carbonyl (C=O) groups is 1. The minimum atomic E-state index is -4.38. The lowest BCUT2D eigenvalue weighted by Crippen LogP contribution is -2.23. The van der Waals surface area contributed by atoms with Crippen molar-refractivity contribution >= 4 is 16.9 Å². The van der Waals surface area contributed by atoms with Gasteiger partial charge in [-0.15, -0.1) is 0 Å². The van der Waals surface area contributed by atoms with Crippen LogP contribution in [0.15, 0.2) is 30.3 Å². The number of rotatable bonds is 4. The molecule has 1 aliphatic rings. The summed E-state index contributed by atoms with van der Waals surface area (Å²) in [6, 6.07) is 7.71. The fourth-order valence-corrected chi connectivity index (χ4v) is 3.90. The smallest absolute Gasteiger partial charge is 0.287 e. The molecule has 0 heterocycles. The standard InChI is InChI=1S/C16H19F3OS/c17-16(18,19)14(12-7-3-1-4-8-12)11-15(20)21-13-9-5-2-6-10-13/h1,3-4,7-8,13-14H,2,5-6,9-11H2/t14-/m0/s1. The van der Waals surface area contributed by atoms with E-state index in [-0.39, 0.29) is 15.9 Å². The predicted octanol–water partition coefficient (Wildman–Crippen LogP) is 5.32. The number of halogens is 3. The van der Waals surface area contributed by atoms with E-state index in [9.17, 15) is 18.0 Å². The van der Waals surface area contributed by atoms with Gasteiger partial charge in [-0.1, -0.05) is 61.4 Å². The summed E-state index contributed by atoms with van der Waals surface area (Å²) in [5.74, 6) is -1.69. The van der Waals surface area contributed by atoms with E-state index in [1.54, 1.807) is 18.2 Å². The predicted molar refractivity (Wildman–Crippen MR) is 79.3 cm³/mol. The second kappa shape index (κ2) is 7.34. The van der Waals surface area contributed by atoms with Gasteiger partial charge in [0.2, 0.25) is 0 Å². The third kappa shape index (κ3) is 5.06. The molecule has 2 rings (SSSR count). The van der Waals surface area contributed by atoms with Crippen molar-refractivity contribution in [2.24, 2.45) is 0 Å². The maximum absolute atomic E-state index is 13.2. The van der Waals surface area contributed by atoms with Crippen LogP contribution < -0.4 is 0 Å². The molecule has 1 fully saturated rings. The van der Waals surface area contributed by atoms with Gasteiger partial charge in [-0.2, -0.15) is 13.2 Å². The molecule has 0 N–H and O–H groups in total. The Balaban J connectivity index is 2.00. The van der Waals surface area contributed by atoms with Gasteiger partial charge in [-0.25, -0.2) is 0 Å². The fourth-order valence-electron chi connectivity index (χ4n) is 2.69. The molecule has 0 aromatic heterocycles. The van der Waals surface area contributed by atoms with E-state index in [0.29, 0.717) is 0 Å². The molecule has 1 nitrogen and oxygen atoms in total. The molecule has 1 aromatic rings. The number of alkyl halides is 3. The molecule has 1 aliphatic carbocycles. The molecule has 1 atom stereocenters. The highest BCUT2D eigenvalue weighted by molar-refractivity contribution is 8.14. The van der Waals surface area contributed by atoms with Crippen LogP contribution in [0.5, 0.6) is 0 Å². The van der Waals surface area contributed by atoms with E-state index in [1.807, 2.05) is 0 Å². The number of hydrogen-bond acceptors (Lipinski definition) is 2. The zero-order valence-electron chi connectivity index (χ0n) is 11.7. The van der Waals surface area contributed by atoms with E-state index in [0.717, 1.165) is 37.4 Å². The number of carbonyl (C=O) groups excluding carboxylic acids is 1. The first kappa shape index (κ1) is 16.4. The van der Waals surface area contributed by atoms with Crippen LogP contribution >= 0.6 is 11.8 Å². The average Bonchev–Trinajstić information content (AvgIpc) is 2.45. The summed E-state index contributed by atoms with van der Waals surface area (Å²) in [6.45, 7) is 0. The summed E-state index contributed by atoms with van der Waals surface area (Å²) < 4.78 is 39.5. The Hall–Kier alpha value is -0.970. The van der Waals surface area contributed by atoms with Crippen LogP contribution in [0.1, 0.15) is 50.0 Å². The van der Waals surface area contributed by atoms with Gasteiger partial charge in [0, 0.05) is 11.7 Å². The second-order valence-electron chi connectivity index (χ2n) is 5.46. The zero-order chi connectivity index (χ0) is 15.3. The van der Waals surface area contributed by atoms with E-state index >= 15 is 0 Å². The molecule has 21 heavy (non-hydrogen) atoms. The van der Waals surface area contributed by atoms with Gasteiger partial charge in [0.25, 0.3) is 0 Å². The van der Waals surface area contributed by atoms with Crippen molar-refractivity contribution in [3.05, 3.63) is 35.9 Å². The highest BCUT2D eigenvalue weighted by Crippen LogP contribution is 2.39. The number of hydrogen-bond donors (Lipinski definition) is 0. The first-order valence-electron chi connectivity index (χ1n) is 7.28. The third-order valence-electron chi connectivity index (χ3n) is 3.82. The quantitative estimate of drug-likeness (QED) is 0.748. The second-order valence-corrected chi connectivity index (χ2v) is 6.82. The van der Waals surface area contributed by atoms with Crippen molar-refractivity contribution in [3.63, 3.8) is 0 Å². The first-order chi connectivity index (χ1) is 9.97. The maximum atomic E-state index is 13.2. The Morgan fingerprint density at radius 3 is 2.33 bits per heavy atom. The summed E-state index contributed by atoms with van der Waals surface area (Å²) in [5, 5.41) is -0.135. The first-order valence-corrected chi connectivity index (χ1v) is 8.16. The van der Waals surface area contributed by atoms with Crippen LogP contribution in [0.3, 0.4) is 0 Å². The summed E-state index contributed by atoms with van der Waals surface area (Å²) in [7, 11) is 0. The Kier molecular flexibility index (Phi) is 5.73. The van der Waals surface area contributed by atoms with E-state index in [2.05, 4.69) is 0 Å². The minimum absolute atomic E-state index is 0.169. The average molecular weight is 316 g/mol. The van der Waals surface area contributed by atoms with Crippen molar-refractivity contribution in [1.82, 2.24) is 0 Å². The highest BCUT2D eigenvalue weighted by Gasteiger charge is 2.42. The highest BCUT2D eigenvalue weighted by atomic mass is 32.2. The summed E-state index contributed by atoms with van der Waals surface area (Å²) in [6.07, 6.45) is 0.356. The monoisotopic (exact) mass is 316 g/mol. The van der Waals surface area contributed by atoms with Gasteiger partial charge >= 0.3 is 6.18 Å². The molecule has 0 saturated heterocycles. The van der Waals surface area contributed by atoms with Crippen LogP contribution in [0.4, 0.5) is 13.2 Å². The summed E-state index contributed by atoms with van der Waals surface area (Å²) in [4.78, 5) is 12.0. The molecule has 1 aromatic carbocycles. The zero-order valence-corrected chi connectivity index (χ0v) is 12.6. The Bertz CT molecular complexity index is 452. The van der Waals surface area contributed by atoms with Gasteiger partial charge in [0.05, 0.1) is 5.92 Å². The number of benzene rings is 1. The molecule has 0 aliphatic heterocycles. The Labute approximate surface area is 127 Å². The van der Waals surface area contributed by atoms with Crippen LogP contribution in [-0.2, 0) is 4.79 Å². The molecule has 0 amide bonds. The minimum Gasteiger partial charge on any atom is -0.287 e. The fraction of sp³-hybridized carbons (Fsp3) is 0.562. The van der Waals surface area contributed by atoms with Crippen LogP contribution in [-0.4, -0.2) is 16.5 Å². The van der Waals surface area contributed by atoms with Crippen LogP contribution in [0.2, 0.25) is 0 Å².